The molecule has 5 heteroatoms. The van der Waals surface area contributed by atoms with Crippen LogP contribution in [0.25, 0.3) is 0 Å². The highest BCUT2D eigenvalue weighted by Crippen LogP contribution is 2.39. The van der Waals surface area contributed by atoms with Gasteiger partial charge < -0.3 is 14.8 Å². The molecule has 1 unspecified atom stereocenters. The van der Waals surface area contributed by atoms with E-state index in [1.165, 1.54) is 0 Å². The number of rotatable bonds is 5. The van der Waals surface area contributed by atoms with Gasteiger partial charge in [-0.2, -0.15) is 0 Å². The molecule has 4 nitrogen and oxygen atoms in total. The summed E-state index contributed by atoms with van der Waals surface area (Å²) >= 11 is 1.59. The van der Waals surface area contributed by atoms with Crippen LogP contribution in [0.2, 0.25) is 0 Å². The highest BCUT2D eigenvalue weighted by atomic mass is 32.2. The predicted octanol–water partition coefficient (Wildman–Crippen LogP) is 2.47. The van der Waals surface area contributed by atoms with Crippen molar-refractivity contribution >= 4 is 17.7 Å². The van der Waals surface area contributed by atoms with E-state index >= 15 is 0 Å². The molecule has 0 amide bonds. The van der Waals surface area contributed by atoms with Crippen LogP contribution >= 0.6 is 11.8 Å². The average Bonchev–Trinajstić information content (AvgIpc) is 2.49. The number of carbonyl (C=O) groups excluding carboxylic acids is 1. The molecular formula is C15H21NO3S. The van der Waals surface area contributed by atoms with Crippen LogP contribution in [0.1, 0.15) is 19.8 Å². The molecule has 1 aliphatic rings. The molecular weight excluding hydrogens is 274 g/mol. The van der Waals surface area contributed by atoms with E-state index in [1.54, 1.807) is 18.9 Å². The molecule has 20 heavy (non-hydrogen) atoms. The van der Waals surface area contributed by atoms with E-state index in [9.17, 15) is 4.79 Å². The molecule has 110 valence electrons. The first-order valence-corrected chi connectivity index (χ1v) is 7.73. The Balaban J connectivity index is 2.15. The Kier molecular flexibility index (Phi) is 5.31. The fourth-order valence-electron chi connectivity index (χ4n) is 2.31. The van der Waals surface area contributed by atoms with Crippen molar-refractivity contribution in [3.8, 4) is 5.75 Å². The maximum absolute atomic E-state index is 12.3. The van der Waals surface area contributed by atoms with Gasteiger partial charge in [0.05, 0.1) is 13.7 Å². The Labute approximate surface area is 124 Å². The van der Waals surface area contributed by atoms with E-state index in [0.717, 1.165) is 30.0 Å². The lowest BCUT2D eigenvalue weighted by molar-refractivity contribution is -0.146. The molecule has 0 aromatic heterocycles. The van der Waals surface area contributed by atoms with Crippen molar-refractivity contribution in [3.05, 3.63) is 24.3 Å². The number of hydrogen-bond donors (Lipinski definition) is 1. The lowest BCUT2D eigenvalue weighted by Gasteiger charge is -2.34. The molecule has 1 aromatic rings. The fourth-order valence-corrected chi connectivity index (χ4v) is 3.60. The summed E-state index contributed by atoms with van der Waals surface area (Å²) < 4.78 is 9.92. The van der Waals surface area contributed by atoms with Crippen LogP contribution in [0.3, 0.4) is 0 Å². The second-order valence-corrected chi connectivity index (χ2v) is 6.23. The van der Waals surface area contributed by atoms with E-state index in [0.29, 0.717) is 13.2 Å². The van der Waals surface area contributed by atoms with Crippen molar-refractivity contribution in [1.82, 2.24) is 5.32 Å². The zero-order valence-electron chi connectivity index (χ0n) is 12.0. The first-order chi connectivity index (χ1) is 9.70. The molecule has 1 N–H and O–H groups in total. The summed E-state index contributed by atoms with van der Waals surface area (Å²) in [5.74, 6) is 0.703. The first kappa shape index (κ1) is 15.2. The van der Waals surface area contributed by atoms with E-state index in [4.69, 9.17) is 9.47 Å². The zero-order valence-corrected chi connectivity index (χ0v) is 12.8. The van der Waals surface area contributed by atoms with Gasteiger partial charge in [-0.1, -0.05) is 0 Å². The Bertz CT molecular complexity index is 441. The fraction of sp³-hybridized carbons (Fsp3) is 0.533. The molecule has 0 saturated carbocycles. The number of carbonyl (C=O) groups is 1. The van der Waals surface area contributed by atoms with Crippen LogP contribution in [0, 0.1) is 0 Å². The summed E-state index contributed by atoms with van der Waals surface area (Å²) in [5, 5.41) is 3.31. The molecule has 0 radical (unpaired) electrons. The minimum Gasteiger partial charge on any atom is -0.497 e. The van der Waals surface area contributed by atoms with Gasteiger partial charge in [-0.25, -0.2) is 0 Å². The van der Waals surface area contributed by atoms with Crippen LogP contribution < -0.4 is 10.1 Å². The number of ether oxygens (including phenoxy) is 2. The van der Waals surface area contributed by atoms with Gasteiger partial charge in [0.1, 0.15) is 10.5 Å². The Morgan fingerprint density at radius 2 is 2.15 bits per heavy atom. The molecule has 2 rings (SSSR count). The monoisotopic (exact) mass is 295 g/mol. The average molecular weight is 295 g/mol. The van der Waals surface area contributed by atoms with Gasteiger partial charge >= 0.3 is 5.97 Å². The number of nitrogens with one attached hydrogen (secondary N) is 1. The second-order valence-electron chi connectivity index (χ2n) is 4.77. The van der Waals surface area contributed by atoms with E-state index < -0.39 is 4.75 Å². The zero-order chi connectivity index (χ0) is 14.4. The van der Waals surface area contributed by atoms with Crippen molar-refractivity contribution < 1.29 is 14.3 Å². The van der Waals surface area contributed by atoms with Crippen LogP contribution in [0.4, 0.5) is 0 Å². The number of methoxy groups -OCH3 is 1. The van der Waals surface area contributed by atoms with Crippen LogP contribution in [-0.2, 0) is 9.53 Å². The molecule has 1 fully saturated rings. The summed E-state index contributed by atoms with van der Waals surface area (Å²) in [6, 6.07) is 7.80. The van der Waals surface area contributed by atoms with Crippen molar-refractivity contribution in [1.29, 1.82) is 0 Å². The van der Waals surface area contributed by atoms with Gasteiger partial charge in [0.2, 0.25) is 0 Å². The Morgan fingerprint density at radius 3 is 2.70 bits per heavy atom. The number of piperidine rings is 1. The Hall–Kier alpha value is -1.20. The SMILES string of the molecule is CCOC(=O)C1(Sc2ccc(OC)cc2)CCCNC1. The quantitative estimate of drug-likeness (QED) is 0.846. The van der Waals surface area contributed by atoms with E-state index in [-0.39, 0.29) is 5.97 Å². The number of hydrogen-bond acceptors (Lipinski definition) is 5. The van der Waals surface area contributed by atoms with E-state index in [2.05, 4.69) is 5.32 Å². The van der Waals surface area contributed by atoms with Crippen molar-refractivity contribution in [2.45, 2.75) is 29.4 Å². The van der Waals surface area contributed by atoms with Gasteiger partial charge in [0.15, 0.2) is 0 Å². The molecule has 0 aliphatic carbocycles. The lowest BCUT2D eigenvalue weighted by Crippen LogP contribution is -2.49. The summed E-state index contributed by atoms with van der Waals surface area (Å²) in [5.41, 5.74) is 0. The topological polar surface area (TPSA) is 47.6 Å². The third kappa shape index (κ3) is 3.46. The molecule has 1 atom stereocenters. The minimum atomic E-state index is -0.511. The van der Waals surface area contributed by atoms with E-state index in [1.807, 2.05) is 31.2 Å². The Morgan fingerprint density at radius 1 is 1.40 bits per heavy atom. The highest BCUT2D eigenvalue weighted by molar-refractivity contribution is 8.01. The van der Waals surface area contributed by atoms with Crippen LogP contribution in [0.15, 0.2) is 29.2 Å². The lowest BCUT2D eigenvalue weighted by atomic mass is 9.99. The first-order valence-electron chi connectivity index (χ1n) is 6.91. The third-order valence-corrected chi connectivity index (χ3v) is 4.78. The number of thioether (sulfide) groups is 1. The van der Waals surface area contributed by atoms with Gasteiger partial charge in [-0.05, 0) is 50.6 Å². The van der Waals surface area contributed by atoms with Gasteiger partial charge in [0, 0.05) is 11.4 Å². The molecule has 1 heterocycles. The summed E-state index contributed by atoms with van der Waals surface area (Å²) in [6.45, 7) is 3.89. The van der Waals surface area contributed by atoms with Gasteiger partial charge in [-0.15, -0.1) is 11.8 Å². The highest BCUT2D eigenvalue weighted by Gasteiger charge is 2.42. The van der Waals surface area contributed by atoms with Gasteiger partial charge in [-0.3, -0.25) is 4.79 Å². The number of benzene rings is 1. The molecule has 0 spiro atoms. The standard InChI is InChI=1S/C15H21NO3S/c1-3-19-14(17)15(9-4-10-16-11-15)20-13-7-5-12(18-2)6-8-13/h5-8,16H,3-4,9-11H2,1-2H3. The summed E-state index contributed by atoms with van der Waals surface area (Å²) in [4.78, 5) is 13.4. The maximum atomic E-state index is 12.3. The van der Waals surface area contributed by atoms with Crippen molar-refractivity contribution in [2.75, 3.05) is 26.8 Å². The minimum absolute atomic E-state index is 0.118. The van der Waals surface area contributed by atoms with Crippen LogP contribution in [0.5, 0.6) is 5.75 Å². The maximum Gasteiger partial charge on any atom is 0.323 e. The molecule has 1 aromatic carbocycles. The van der Waals surface area contributed by atoms with Crippen molar-refractivity contribution in [3.63, 3.8) is 0 Å². The smallest absolute Gasteiger partial charge is 0.323 e. The molecule has 0 bridgehead atoms. The second kappa shape index (κ2) is 6.99. The molecule has 1 aliphatic heterocycles. The third-order valence-electron chi connectivity index (χ3n) is 3.36. The summed E-state index contributed by atoms with van der Waals surface area (Å²) in [7, 11) is 1.65. The van der Waals surface area contributed by atoms with Crippen molar-refractivity contribution in [2.24, 2.45) is 0 Å². The predicted molar refractivity (Wildman–Crippen MR) is 80.3 cm³/mol. The largest absolute Gasteiger partial charge is 0.497 e. The molecule has 1 saturated heterocycles. The van der Waals surface area contributed by atoms with Crippen LogP contribution in [-0.4, -0.2) is 37.5 Å². The normalized spacial score (nSPS) is 22.3. The van der Waals surface area contributed by atoms with Gasteiger partial charge in [0.25, 0.3) is 0 Å². The number of esters is 1. The summed E-state index contributed by atoms with van der Waals surface area (Å²) in [6.07, 6.45) is 1.83.